The van der Waals surface area contributed by atoms with E-state index in [0.717, 1.165) is 23.5 Å². The third-order valence-corrected chi connectivity index (χ3v) is 4.63. The minimum absolute atomic E-state index is 0.0452. The Kier molecular flexibility index (Phi) is 5.76. The number of carbonyl (C=O) groups excluding carboxylic acids is 1. The van der Waals surface area contributed by atoms with Gasteiger partial charge in [0.15, 0.2) is 0 Å². The molecule has 0 aromatic carbocycles. The summed E-state index contributed by atoms with van der Waals surface area (Å²) < 4.78 is 0. The van der Waals surface area contributed by atoms with Crippen LogP contribution in [0.5, 0.6) is 0 Å². The molecule has 6 heteroatoms. The summed E-state index contributed by atoms with van der Waals surface area (Å²) in [5.74, 6) is 5.54. The van der Waals surface area contributed by atoms with Crippen molar-refractivity contribution in [2.24, 2.45) is 0 Å². The van der Waals surface area contributed by atoms with Crippen molar-refractivity contribution >= 4 is 17.2 Å². The van der Waals surface area contributed by atoms with Crippen molar-refractivity contribution in [1.82, 2.24) is 9.80 Å². The van der Waals surface area contributed by atoms with Gasteiger partial charge in [-0.3, -0.25) is 9.69 Å². The zero-order valence-electron chi connectivity index (χ0n) is 12.1. The lowest BCUT2D eigenvalue weighted by atomic mass is 10.2. The molecule has 1 aromatic rings. The van der Waals surface area contributed by atoms with Gasteiger partial charge < -0.3 is 15.1 Å². The molecule has 0 aliphatic carbocycles. The summed E-state index contributed by atoms with van der Waals surface area (Å²) in [5, 5.41) is 17.7. The zero-order chi connectivity index (χ0) is 15.2. The molecule has 2 heterocycles. The highest BCUT2D eigenvalue weighted by atomic mass is 32.1. The Balaban J connectivity index is 2.01. The summed E-state index contributed by atoms with van der Waals surface area (Å²) in [4.78, 5) is 18.0. The minimum Gasteiger partial charge on any atom is -0.395 e. The number of aliphatic hydroxyl groups is 2. The maximum Gasteiger partial charge on any atom is 0.264 e. The Bertz CT molecular complexity index is 551. The number of nitrogens with zero attached hydrogens (tertiary/aromatic N) is 2. The SMILES string of the molecule is Cc1cc(C(=O)N2CCN(CCO)CC2)sc1C#CCO. The van der Waals surface area contributed by atoms with Crippen molar-refractivity contribution in [3.05, 3.63) is 21.4 Å². The van der Waals surface area contributed by atoms with Gasteiger partial charge in [-0.05, 0) is 18.6 Å². The first-order valence-corrected chi connectivity index (χ1v) is 7.80. The first kappa shape index (κ1) is 16.0. The minimum atomic E-state index is -0.173. The summed E-state index contributed by atoms with van der Waals surface area (Å²) in [7, 11) is 0. The molecule has 0 unspecified atom stereocenters. The van der Waals surface area contributed by atoms with E-state index >= 15 is 0 Å². The lowest BCUT2D eigenvalue weighted by Crippen LogP contribution is -2.49. The molecule has 114 valence electrons. The Morgan fingerprint density at radius 3 is 2.67 bits per heavy atom. The van der Waals surface area contributed by atoms with E-state index in [-0.39, 0.29) is 19.1 Å². The van der Waals surface area contributed by atoms with E-state index in [1.807, 2.05) is 17.9 Å². The number of hydrogen-bond acceptors (Lipinski definition) is 5. The molecule has 1 saturated heterocycles. The number of β-amino-alcohol motifs (C(OH)–C–C–N with tert-alkyl or cyclic N) is 1. The smallest absolute Gasteiger partial charge is 0.264 e. The highest BCUT2D eigenvalue weighted by Gasteiger charge is 2.23. The molecule has 0 radical (unpaired) electrons. The molecule has 1 amide bonds. The zero-order valence-corrected chi connectivity index (χ0v) is 12.9. The van der Waals surface area contributed by atoms with Gasteiger partial charge in [-0.1, -0.05) is 11.8 Å². The van der Waals surface area contributed by atoms with E-state index < -0.39 is 0 Å². The first-order chi connectivity index (χ1) is 10.2. The molecule has 5 nitrogen and oxygen atoms in total. The molecule has 0 bridgehead atoms. The van der Waals surface area contributed by atoms with E-state index in [9.17, 15) is 4.79 Å². The third-order valence-electron chi connectivity index (χ3n) is 3.49. The Morgan fingerprint density at radius 1 is 1.33 bits per heavy atom. The van der Waals surface area contributed by atoms with Gasteiger partial charge >= 0.3 is 0 Å². The van der Waals surface area contributed by atoms with Crippen molar-refractivity contribution in [3.63, 3.8) is 0 Å². The number of aryl methyl sites for hydroxylation is 1. The van der Waals surface area contributed by atoms with Crippen LogP contribution in [-0.2, 0) is 0 Å². The normalized spacial score (nSPS) is 15.7. The van der Waals surface area contributed by atoms with Crippen LogP contribution in [-0.4, -0.2) is 71.9 Å². The standard InChI is InChI=1S/C15H20N2O3S/c1-12-11-14(21-13(12)3-2-9-18)15(20)17-6-4-16(5-7-17)8-10-19/h11,18-19H,4-10H2,1H3. The average molecular weight is 308 g/mol. The number of aliphatic hydroxyl groups excluding tert-OH is 2. The number of hydrogen-bond donors (Lipinski definition) is 2. The molecule has 1 aliphatic heterocycles. The van der Waals surface area contributed by atoms with Gasteiger partial charge in [-0.25, -0.2) is 0 Å². The molecular formula is C15H20N2O3S. The number of piperazine rings is 1. The second-order valence-corrected chi connectivity index (χ2v) is 5.99. The van der Waals surface area contributed by atoms with Gasteiger partial charge in [-0.2, -0.15) is 0 Å². The van der Waals surface area contributed by atoms with E-state index in [4.69, 9.17) is 10.2 Å². The van der Waals surface area contributed by atoms with Crippen molar-refractivity contribution in [1.29, 1.82) is 0 Å². The van der Waals surface area contributed by atoms with Crippen molar-refractivity contribution in [2.45, 2.75) is 6.92 Å². The predicted octanol–water partition coefficient (Wildman–Crippen LogP) is 0.150. The molecule has 1 fully saturated rings. The third kappa shape index (κ3) is 4.05. The van der Waals surface area contributed by atoms with Gasteiger partial charge in [0.2, 0.25) is 0 Å². The number of thiophene rings is 1. The van der Waals surface area contributed by atoms with Crippen LogP contribution in [0.4, 0.5) is 0 Å². The monoisotopic (exact) mass is 308 g/mol. The highest BCUT2D eigenvalue weighted by Crippen LogP contribution is 2.23. The van der Waals surface area contributed by atoms with Crippen molar-refractivity contribution in [3.8, 4) is 11.8 Å². The van der Waals surface area contributed by atoms with Crippen LogP contribution in [0.1, 0.15) is 20.1 Å². The average Bonchev–Trinajstić information content (AvgIpc) is 2.86. The van der Waals surface area contributed by atoms with E-state index in [0.29, 0.717) is 24.5 Å². The Labute approximate surface area is 128 Å². The van der Waals surface area contributed by atoms with Crippen LogP contribution in [0.15, 0.2) is 6.07 Å². The second kappa shape index (κ2) is 7.57. The van der Waals surface area contributed by atoms with Gasteiger partial charge in [0, 0.05) is 32.7 Å². The van der Waals surface area contributed by atoms with Crippen LogP contribution in [0.25, 0.3) is 0 Å². The van der Waals surface area contributed by atoms with Crippen LogP contribution >= 0.6 is 11.3 Å². The van der Waals surface area contributed by atoms with Gasteiger partial charge in [0.25, 0.3) is 5.91 Å². The first-order valence-electron chi connectivity index (χ1n) is 6.98. The summed E-state index contributed by atoms with van der Waals surface area (Å²) in [6.07, 6.45) is 0. The van der Waals surface area contributed by atoms with Gasteiger partial charge in [0.05, 0.1) is 16.4 Å². The second-order valence-electron chi connectivity index (χ2n) is 4.94. The quantitative estimate of drug-likeness (QED) is 0.780. The maximum absolute atomic E-state index is 12.5. The molecule has 0 saturated carbocycles. The number of rotatable bonds is 3. The fraction of sp³-hybridized carbons (Fsp3) is 0.533. The predicted molar refractivity (Wildman–Crippen MR) is 82.4 cm³/mol. The largest absolute Gasteiger partial charge is 0.395 e. The van der Waals surface area contributed by atoms with Crippen LogP contribution in [0, 0.1) is 18.8 Å². The molecule has 2 N–H and O–H groups in total. The van der Waals surface area contributed by atoms with Crippen LogP contribution < -0.4 is 0 Å². The molecule has 2 rings (SSSR count). The van der Waals surface area contributed by atoms with E-state index in [1.54, 1.807) is 0 Å². The topological polar surface area (TPSA) is 64.0 Å². The van der Waals surface area contributed by atoms with Crippen LogP contribution in [0.3, 0.4) is 0 Å². The van der Waals surface area contributed by atoms with Gasteiger partial charge in [-0.15, -0.1) is 11.3 Å². The molecule has 0 atom stereocenters. The lowest BCUT2D eigenvalue weighted by molar-refractivity contribution is 0.0619. The van der Waals surface area contributed by atoms with E-state index in [2.05, 4.69) is 16.7 Å². The Morgan fingerprint density at radius 2 is 2.05 bits per heavy atom. The molecular weight excluding hydrogens is 288 g/mol. The van der Waals surface area contributed by atoms with Gasteiger partial charge in [0.1, 0.15) is 6.61 Å². The number of amides is 1. The summed E-state index contributed by atoms with van der Waals surface area (Å²) in [6, 6.07) is 1.87. The van der Waals surface area contributed by atoms with Crippen molar-refractivity contribution in [2.75, 3.05) is 45.9 Å². The molecule has 21 heavy (non-hydrogen) atoms. The van der Waals surface area contributed by atoms with Crippen molar-refractivity contribution < 1.29 is 15.0 Å². The molecule has 1 aliphatic rings. The summed E-state index contributed by atoms with van der Waals surface area (Å²) in [6.45, 7) is 5.55. The Hall–Kier alpha value is -1.39. The summed E-state index contributed by atoms with van der Waals surface area (Å²) >= 11 is 1.38. The van der Waals surface area contributed by atoms with E-state index in [1.165, 1.54) is 11.3 Å². The fourth-order valence-corrected chi connectivity index (χ4v) is 3.32. The maximum atomic E-state index is 12.5. The molecule has 1 aromatic heterocycles. The summed E-state index contributed by atoms with van der Waals surface area (Å²) in [5.41, 5.74) is 0.975. The lowest BCUT2D eigenvalue weighted by Gasteiger charge is -2.34. The van der Waals surface area contributed by atoms with Crippen LogP contribution in [0.2, 0.25) is 0 Å². The fourth-order valence-electron chi connectivity index (χ4n) is 2.30. The molecule has 0 spiro atoms. The number of carbonyl (C=O) groups is 1. The highest BCUT2D eigenvalue weighted by molar-refractivity contribution is 7.14.